The van der Waals surface area contributed by atoms with Crippen LogP contribution in [0.2, 0.25) is 0 Å². The molecule has 1 aromatic rings. The Morgan fingerprint density at radius 1 is 1.42 bits per heavy atom. The summed E-state index contributed by atoms with van der Waals surface area (Å²) >= 11 is 3.61. The van der Waals surface area contributed by atoms with Crippen molar-refractivity contribution in [2.75, 3.05) is 6.61 Å². The highest BCUT2D eigenvalue weighted by molar-refractivity contribution is 9.10. The number of nitrogens with one attached hydrogen (secondary N) is 1. The van der Waals surface area contributed by atoms with E-state index in [1.807, 2.05) is 6.92 Å². The number of hydrogen-bond acceptors (Lipinski definition) is 2. The molecule has 0 aliphatic carbocycles. The van der Waals surface area contributed by atoms with Crippen LogP contribution in [-0.2, 0) is 17.9 Å². The maximum atomic E-state index is 5.64. The molecule has 0 unspecified atom stereocenters. The molecule has 0 radical (unpaired) electrons. The zero-order chi connectivity index (χ0) is 14.3. The van der Waals surface area contributed by atoms with Gasteiger partial charge < -0.3 is 10.1 Å². The minimum absolute atomic E-state index is 0.504. The van der Waals surface area contributed by atoms with Crippen LogP contribution < -0.4 is 5.32 Å². The molecular formula is C16H24BrNO. The van der Waals surface area contributed by atoms with Gasteiger partial charge in [-0.25, -0.2) is 0 Å². The highest BCUT2D eigenvalue weighted by atomic mass is 79.9. The van der Waals surface area contributed by atoms with Gasteiger partial charge in [-0.3, -0.25) is 0 Å². The van der Waals surface area contributed by atoms with E-state index < -0.39 is 0 Å². The molecule has 1 aromatic carbocycles. The molecule has 0 atom stereocenters. The highest BCUT2D eigenvalue weighted by Crippen LogP contribution is 2.20. The van der Waals surface area contributed by atoms with Gasteiger partial charge in [0, 0.05) is 17.1 Å². The van der Waals surface area contributed by atoms with Crippen LogP contribution in [0.25, 0.3) is 0 Å². The highest BCUT2D eigenvalue weighted by Gasteiger charge is 2.03. The van der Waals surface area contributed by atoms with Crippen molar-refractivity contribution in [1.82, 2.24) is 5.32 Å². The van der Waals surface area contributed by atoms with Gasteiger partial charge in [-0.1, -0.05) is 47.5 Å². The average molecular weight is 326 g/mol. The second-order valence-electron chi connectivity index (χ2n) is 5.22. The van der Waals surface area contributed by atoms with E-state index in [1.165, 1.54) is 11.1 Å². The van der Waals surface area contributed by atoms with Gasteiger partial charge >= 0.3 is 0 Å². The maximum Gasteiger partial charge on any atom is 0.0727 e. The molecule has 2 nitrogen and oxygen atoms in total. The Morgan fingerprint density at radius 3 is 2.74 bits per heavy atom. The topological polar surface area (TPSA) is 21.3 Å². The molecule has 0 saturated heterocycles. The largest absolute Gasteiger partial charge is 0.376 e. The molecule has 0 bridgehead atoms. The molecule has 0 spiro atoms. The molecule has 0 saturated carbocycles. The van der Waals surface area contributed by atoms with Crippen LogP contribution in [0.1, 0.15) is 38.3 Å². The van der Waals surface area contributed by atoms with E-state index >= 15 is 0 Å². The smallest absolute Gasteiger partial charge is 0.0727 e. The minimum Gasteiger partial charge on any atom is -0.376 e. The Balaban J connectivity index is 2.45. The monoisotopic (exact) mass is 325 g/mol. The van der Waals surface area contributed by atoms with Crippen LogP contribution in [0.4, 0.5) is 0 Å². The van der Waals surface area contributed by atoms with E-state index in [4.69, 9.17) is 4.74 Å². The fourth-order valence-corrected chi connectivity index (χ4v) is 2.11. The molecule has 0 fully saturated rings. The van der Waals surface area contributed by atoms with Crippen molar-refractivity contribution >= 4 is 15.9 Å². The molecule has 1 N–H and O–H groups in total. The molecule has 0 aromatic heterocycles. The quantitative estimate of drug-likeness (QED) is 0.564. The number of hydrogen-bond donors (Lipinski definition) is 1. The summed E-state index contributed by atoms with van der Waals surface area (Å²) in [6, 6.07) is 6.94. The van der Waals surface area contributed by atoms with Gasteiger partial charge in [0.05, 0.1) is 13.2 Å². The first-order chi connectivity index (χ1) is 8.99. The summed E-state index contributed by atoms with van der Waals surface area (Å²) in [5.74, 6) is 0. The molecule has 0 aliphatic heterocycles. The zero-order valence-corrected chi connectivity index (χ0v) is 13.7. The Kier molecular flexibility index (Phi) is 7.36. The minimum atomic E-state index is 0.504. The van der Waals surface area contributed by atoms with E-state index in [0.717, 1.165) is 29.6 Å². The first-order valence-electron chi connectivity index (χ1n) is 6.72. The van der Waals surface area contributed by atoms with E-state index in [2.05, 4.69) is 59.9 Å². The predicted octanol–water partition coefficient (Wildman–Crippen LogP) is 4.43. The van der Waals surface area contributed by atoms with E-state index in [-0.39, 0.29) is 0 Å². The van der Waals surface area contributed by atoms with Gasteiger partial charge in [0.2, 0.25) is 0 Å². The fraction of sp³-hybridized carbons (Fsp3) is 0.500. The number of benzene rings is 1. The molecule has 0 aliphatic rings. The van der Waals surface area contributed by atoms with Crippen LogP contribution in [0, 0.1) is 0 Å². The molecule has 106 valence electrons. The second-order valence-corrected chi connectivity index (χ2v) is 6.08. The predicted molar refractivity (Wildman–Crippen MR) is 85.2 cm³/mol. The van der Waals surface area contributed by atoms with Crippen molar-refractivity contribution in [2.24, 2.45) is 0 Å². The van der Waals surface area contributed by atoms with Crippen LogP contribution in [-0.4, -0.2) is 12.6 Å². The van der Waals surface area contributed by atoms with Crippen LogP contribution >= 0.6 is 15.9 Å². The summed E-state index contributed by atoms with van der Waals surface area (Å²) in [5, 5.41) is 3.41. The summed E-state index contributed by atoms with van der Waals surface area (Å²) in [6.45, 7) is 12.5. The van der Waals surface area contributed by atoms with Gasteiger partial charge in [0.25, 0.3) is 0 Å². The Morgan fingerprint density at radius 2 is 2.16 bits per heavy atom. The summed E-state index contributed by atoms with van der Waals surface area (Å²) in [7, 11) is 0. The Bertz CT molecular complexity index is 415. The van der Waals surface area contributed by atoms with E-state index in [1.54, 1.807) is 0 Å². The van der Waals surface area contributed by atoms with Crippen molar-refractivity contribution < 1.29 is 4.74 Å². The molecule has 1 rings (SSSR count). The lowest BCUT2D eigenvalue weighted by Gasteiger charge is -2.11. The second kappa shape index (κ2) is 8.51. The summed E-state index contributed by atoms with van der Waals surface area (Å²) in [5.41, 5.74) is 3.63. The number of ether oxygens (including phenoxy) is 1. The van der Waals surface area contributed by atoms with Crippen LogP contribution in [0.15, 0.2) is 34.8 Å². The average Bonchev–Trinajstić information content (AvgIpc) is 2.33. The SMILES string of the molecule is C=C(C)CCOCc1ccc(CNC(C)C)cc1Br. The summed E-state index contributed by atoms with van der Waals surface area (Å²) in [4.78, 5) is 0. The maximum absolute atomic E-state index is 5.64. The van der Waals surface area contributed by atoms with Crippen LogP contribution in [0.3, 0.4) is 0 Å². The molecule has 0 amide bonds. The zero-order valence-electron chi connectivity index (χ0n) is 12.1. The van der Waals surface area contributed by atoms with E-state index in [9.17, 15) is 0 Å². The standard InChI is InChI=1S/C16H24BrNO/c1-12(2)7-8-19-11-15-6-5-14(9-16(15)17)10-18-13(3)4/h5-6,9,13,18H,1,7-8,10-11H2,2-4H3. The third-order valence-electron chi connectivity index (χ3n) is 2.76. The van der Waals surface area contributed by atoms with Crippen molar-refractivity contribution in [1.29, 1.82) is 0 Å². The molecule has 19 heavy (non-hydrogen) atoms. The normalized spacial score (nSPS) is 11.0. The summed E-state index contributed by atoms with van der Waals surface area (Å²) < 4.78 is 6.76. The van der Waals surface area contributed by atoms with Crippen molar-refractivity contribution in [3.8, 4) is 0 Å². The van der Waals surface area contributed by atoms with Crippen LogP contribution in [0.5, 0.6) is 0 Å². The lowest BCUT2D eigenvalue weighted by atomic mass is 10.1. The molecule has 0 heterocycles. The van der Waals surface area contributed by atoms with Gasteiger partial charge in [0.15, 0.2) is 0 Å². The Labute approximate surface area is 125 Å². The first kappa shape index (κ1) is 16.4. The number of halogens is 1. The first-order valence-corrected chi connectivity index (χ1v) is 7.51. The van der Waals surface area contributed by atoms with E-state index in [0.29, 0.717) is 12.6 Å². The van der Waals surface area contributed by atoms with Crippen molar-refractivity contribution in [3.05, 3.63) is 46.0 Å². The van der Waals surface area contributed by atoms with Gasteiger partial charge in [-0.05, 0) is 30.5 Å². The lowest BCUT2D eigenvalue weighted by molar-refractivity contribution is 0.123. The third kappa shape index (κ3) is 6.90. The number of rotatable bonds is 8. The fourth-order valence-electron chi connectivity index (χ4n) is 1.57. The van der Waals surface area contributed by atoms with Gasteiger partial charge in [-0.15, -0.1) is 6.58 Å². The third-order valence-corrected chi connectivity index (χ3v) is 3.50. The summed E-state index contributed by atoms with van der Waals surface area (Å²) in [6.07, 6.45) is 0.925. The Hall–Kier alpha value is -0.640. The van der Waals surface area contributed by atoms with Crippen molar-refractivity contribution in [3.63, 3.8) is 0 Å². The van der Waals surface area contributed by atoms with Gasteiger partial charge in [-0.2, -0.15) is 0 Å². The lowest BCUT2D eigenvalue weighted by Crippen LogP contribution is -2.21. The molecule has 3 heteroatoms. The molecular weight excluding hydrogens is 302 g/mol. The van der Waals surface area contributed by atoms with Crippen molar-refractivity contribution in [2.45, 2.75) is 46.4 Å². The van der Waals surface area contributed by atoms with Gasteiger partial charge in [0.1, 0.15) is 0 Å².